The van der Waals surface area contributed by atoms with E-state index >= 15 is 0 Å². The van der Waals surface area contributed by atoms with Gasteiger partial charge in [0.05, 0.1) is 6.54 Å². The standard InChI is InChI=1S/C20H24N6O3S2/c1-13-11-18(26(3)4)24-20(22-13)23-15-5-7-16(8-6-15)25-31(28,29)19-10-9-17(30-19)12-21-14(2)27/h5-11,25H,12H2,1-4H3,(H,21,27)(H,22,23,24). The third-order valence-corrected chi connectivity index (χ3v) is 7.06. The third-order valence-electron chi connectivity index (χ3n) is 4.11. The van der Waals surface area contributed by atoms with Gasteiger partial charge in [0.25, 0.3) is 10.0 Å². The molecule has 3 rings (SSSR count). The van der Waals surface area contributed by atoms with Crippen molar-refractivity contribution >= 4 is 50.4 Å². The van der Waals surface area contributed by atoms with Crippen molar-refractivity contribution in [3.63, 3.8) is 0 Å². The van der Waals surface area contributed by atoms with Crippen molar-refractivity contribution in [2.75, 3.05) is 29.0 Å². The minimum atomic E-state index is -3.72. The largest absolute Gasteiger partial charge is 0.363 e. The molecule has 0 saturated carbocycles. The first kappa shape index (κ1) is 22.5. The van der Waals surface area contributed by atoms with Crippen LogP contribution in [0.3, 0.4) is 0 Å². The average molecular weight is 461 g/mol. The second kappa shape index (κ2) is 9.31. The molecule has 11 heteroatoms. The Kier molecular flexibility index (Phi) is 6.76. The predicted octanol–water partition coefficient (Wildman–Crippen LogP) is 3.09. The molecule has 0 aliphatic heterocycles. The minimum absolute atomic E-state index is 0.168. The number of rotatable bonds is 8. The minimum Gasteiger partial charge on any atom is -0.363 e. The summed E-state index contributed by atoms with van der Waals surface area (Å²) in [5.41, 5.74) is 1.99. The number of carbonyl (C=O) groups is 1. The summed E-state index contributed by atoms with van der Waals surface area (Å²) in [5, 5.41) is 5.78. The maximum absolute atomic E-state index is 12.6. The van der Waals surface area contributed by atoms with Gasteiger partial charge in [0.2, 0.25) is 11.9 Å². The Labute approximate surface area is 185 Å². The molecule has 164 valence electrons. The van der Waals surface area contributed by atoms with E-state index in [1.165, 1.54) is 13.0 Å². The molecule has 9 nitrogen and oxygen atoms in total. The quantitative estimate of drug-likeness (QED) is 0.473. The van der Waals surface area contributed by atoms with Crippen LogP contribution in [0.5, 0.6) is 0 Å². The molecule has 2 heterocycles. The summed E-state index contributed by atoms with van der Waals surface area (Å²) < 4.78 is 28.0. The van der Waals surface area contributed by atoms with Gasteiger partial charge in [-0.05, 0) is 43.3 Å². The SMILES string of the molecule is CC(=O)NCc1ccc(S(=O)(=O)Nc2ccc(Nc3nc(C)cc(N(C)C)n3)cc2)s1. The second-order valence-electron chi connectivity index (χ2n) is 7.02. The van der Waals surface area contributed by atoms with E-state index in [1.807, 2.05) is 32.0 Å². The van der Waals surface area contributed by atoms with Gasteiger partial charge >= 0.3 is 0 Å². The fourth-order valence-electron chi connectivity index (χ4n) is 2.60. The average Bonchev–Trinajstić information content (AvgIpc) is 3.17. The number of hydrogen-bond donors (Lipinski definition) is 3. The van der Waals surface area contributed by atoms with Crippen molar-refractivity contribution in [1.82, 2.24) is 15.3 Å². The van der Waals surface area contributed by atoms with E-state index in [-0.39, 0.29) is 10.1 Å². The zero-order chi connectivity index (χ0) is 22.6. The Morgan fingerprint density at radius 3 is 2.39 bits per heavy atom. The van der Waals surface area contributed by atoms with Crippen molar-refractivity contribution in [2.45, 2.75) is 24.6 Å². The third kappa shape index (κ3) is 6.15. The fourth-order valence-corrected chi connectivity index (χ4v) is 4.96. The highest BCUT2D eigenvalue weighted by Gasteiger charge is 2.17. The maximum atomic E-state index is 12.6. The summed E-state index contributed by atoms with van der Waals surface area (Å²) in [6, 6.07) is 11.9. The Balaban J connectivity index is 1.68. The molecule has 0 unspecified atom stereocenters. The number of hydrogen-bond acceptors (Lipinski definition) is 8. The molecular formula is C20H24N6O3S2. The van der Waals surface area contributed by atoms with Gasteiger partial charge in [-0.15, -0.1) is 11.3 Å². The molecule has 0 bridgehead atoms. The molecule has 1 amide bonds. The number of aryl methyl sites for hydroxylation is 1. The predicted molar refractivity (Wildman–Crippen MR) is 123 cm³/mol. The van der Waals surface area contributed by atoms with Gasteiger partial charge in [0.1, 0.15) is 10.0 Å². The highest BCUT2D eigenvalue weighted by molar-refractivity contribution is 7.94. The number of aromatic nitrogens is 2. The first-order valence-corrected chi connectivity index (χ1v) is 11.7. The van der Waals surface area contributed by atoms with E-state index in [1.54, 1.807) is 30.3 Å². The zero-order valence-electron chi connectivity index (χ0n) is 17.6. The molecule has 3 N–H and O–H groups in total. The van der Waals surface area contributed by atoms with Crippen LogP contribution in [0.2, 0.25) is 0 Å². The van der Waals surface area contributed by atoms with Crippen LogP contribution in [0.1, 0.15) is 17.5 Å². The summed E-state index contributed by atoms with van der Waals surface area (Å²) in [4.78, 5) is 22.5. The molecule has 0 aliphatic carbocycles. The Morgan fingerprint density at radius 2 is 1.74 bits per heavy atom. The normalized spacial score (nSPS) is 11.1. The fraction of sp³-hybridized carbons (Fsp3) is 0.250. The van der Waals surface area contributed by atoms with Crippen LogP contribution in [0.25, 0.3) is 0 Å². The van der Waals surface area contributed by atoms with Gasteiger partial charge in [-0.2, -0.15) is 4.98 Å². The molecule has 3 aromatic rings. The van der Waals surface area contributed by atoms with Gasteiger partial charge in [0.15, 0.2) is 0 Å². The lowest BCUT2D eigenvalue weighted by atomic mass is 10.3. The Bertz CT molecular complexity index is 1170. The van der Waals surface area contributed by atoms with Gasteiger partial charge in [-0.3, -0.25) is 9.52 Å². The number of nitrogens with one attached hydrogen (secondary N) is 3. The van der Waals surface area contributed by atoms with Gasteiger partial charge in [0, 0.05) is 49.0 Å². The summed E-state index contributed by atoms with van der Waals surface area (Å²) in [7, 11) is 0.0928. The lowest BCUT2D eigenvalue weighted by Crippen LogP contribution is -2.18. The van der Waals surface area contributed by atoms with Crippen LogP contribution >= 0.6 is 11.3 Å². The van der Waals surface area contributed by atoms with E-state index in [9.17, 15) is 13.2 Å². The van der Waals surface area contributed by atoms with Crippen molar-refractivity contribution < 1.29 is 13.2 Å². The van der Waals surface area contributed by atoms with Crippen molar-refractivity contribution in [3.05, 3.63) is 53.0 Å². The molecule has 0 aliphatic rings. The topological polar surface area (TPSA) is 116 Å². The van der Waals surface area contributed by atoms with Crippen molar-refractivity contribution in [1.29, 1.82) is 0 Å². The van der Waals surface area contributed by atoms with Crippen LogP contribution in [0.15, 0.2) is 46.7 Å². The van der Waals surface area contributed by atoms with Crippen LogP contribution in [-0.2, 0) is 21.4 Å². The smallest absolute Gasteiger partial charge is 0.271 e. The number of nitrogens with zero attached hydrogens (tertiary/aromatic N) is 3. The monoisotopic (exact) mass is 460 g/mol. The van der Waals surface area contributed by atoms with Crippen LogP contribution in [0.4, 0.5) is 23.1 Å². The highest BCUT2D eigenvalue weighted by Crippen LogP contribution is 2.25. The molecule has 0 atom stereocenters. The molecule has 0 saturated heterocycles. The van der Waals surface area contributed by atoms with E-state index < -0.39 is 10.0 Å². The van der Waals surface area contributed by atoms with Crippen LogP contribution in [-0.4, -0.2) is 38.4 Å². The van der Waals surface area contributed by atoms with Crippen LogP contribution in [0, 0.1) is 6.92 Å². The van der Waals surface area contributed by atoms with Gasteiger partial charge < -0.3 is 15.5 Å². The summed E-state index contributed by atoms with van der Waals surface area (Å²) in [5.74, 6) is 1.08. The lowest BCUT2D eigenvalue weighted by molar-refractivity contribution is -0.119. The van der Waals surface area contributed by atoms with E-state index in [0.717, 1.165) is 33.4 Å². The number of sulfonamides is 1. The number of amides is 1. The molecule has 1 aromatic carbocycles. The van der Waals surface area contributed by atoms with Crippen molar-refractivity contribution in [2.24, 2.45) is 0 Å². The zero-order valence-corrected chi connectivity index (χ0v) is 19.3. The Hall–Kier alpha value is -3.18. The van der Waals surface area contributed by atoms with E-state index in [2.05, 4.69) is 25.3 Å². The van der Waals surface area contributed by atoms with Gasteiger partial charge in [-0.1, -0.05) is 0 Å². The highest BCUT2D eigenvalue weighted by atomic mass is 32.2. The summed E-state index contributed by atoms with van der Waals surface area (Å²) >= 11 is 1.11. The molecule has 0 radical (unpaired) electrons. The van der Waals surface area contributed by atoms with Crippen LogP contribution < -0.4 is 20.3 Å². The first-order valence-electron chi connectivity index (χ1n) is 9.38. The molecular weight excluding hydrogens is 436 g/mol. The number of carbonyl (C=O) groups excluding carboxylic acids is 1. The van der Waals surface area contributed by atoms with E-state index in [4.69, 9.17) is 0 Å². The molecule has 31 heavy (non-hydrogen) atoms. The van der Waals surface area contributed by atoms with E-state index in [0.29, 0.717) is 18.2 Å². The lowest BCUT2D eigenvalue weighted by Gasteiger charge is -2.14. The summed E-state index contributed by atoms with van der Waals surface area (Å²) in [6.45, 7) is 3.61. The summed E-state index contributed by atoms with van der Waals surface area (Å²) in [6.07, 6.45) is 0. The number of benzene rings is 1. The first-order chi connectivity index (χ1) is 14.6. The second-order valence-corrected chi connectivity index (χ2v) is 10.1. The Morgan fingerprint density at radius 1 is 1.06 bits per heavy atom. The molecule has 0 spiro atoms. The maximum Gasteiger partial charge on any atom is 0.271 e. The molecule has 0 fully saturated rings. The van der Waals surface area contributed by atoms with Gasteiger partial charge in [-0.25, -0.2) is 13.4 Å². The number of anilines is 4. The molecule has 2 aromatic heterocycles. The number of thiophene rings is 1. The van der Waals surface area contributed by atoms with Crippen molar-refractivity contribution in [3.8, 4) is 0 Å².